The number of halogens is 1. The van der Waals surface area contributed by atoms with Gasteiger partial charge in [0.25, 0.3) is 0 Å². The number of piperazine rings is 1. The standard InChI is InChI=1S/C15H22FN3O3S/c1-17(2)8-7-15(20)18-9-11-19(12-10-18)23(21,22)14-5-3-13(16)4-6-14/h3-6H,7-12H2,1-2H3. The summed E-state index contributed by atoms with van der Waals surface area (Å²) in [6.45, 7) is 1.95. The van der Waals surface area contributed by atoms with Gasteiger partial charge in [0, 0.05) is 39.1 Å². The second-order valence-electron chi connectivity index (χ2n) is 5.79. The molecule has 0 spiro atoms. The predicted molar refractivity (Wildman–Crippen MR) is 84.9 cm³/mol. The number of sulfonamides is 1. The van der Waals surface area contributed by atoms with Gasteiger partial charge in [-0.15, -0.1) is 0 Å². The van der Waals surface area contributed by atoms with E-state index in [1.807, 2.05) is 19.0 Å². The number of nitrogens with zero attached hydrogens (tertiary/aromatic N) is 3. The second-order valence-corrected chi connectivity index (χ2v) is 7.73. The summed E-state index contributed by atoms with van der Waals surface area (Å²) >= 11 is 0. The molecule has 1 aromatic rings. The summed E-state index contributed by atoms with van der Waals surface area (Å²) < 4.78 is 39.2. The maximum absolute atomic E-state index is 12.9. The van der Waals surface area contributed by atoms with Gasteiger partial charge in [-0.2, -0.15) is 4.31 Å². The minimum atomic E-state index is -3.63. The van der Waals surface area contributed by atoms with E-state index >= 15 is 0 Å². The third-order valence-corrected chi connectivity index (χ3v) is 5.73. The molecule has 0 N–H and O–H groups in total. The molecular weight excluding hydrogens is 321 g/mol. The van der Waals surface area contributed by atoms with Crippen molar-refractivity contribution in [2.45, 2.75) is 11.3 Å². The van der Waals surface area contributed by atoms with Crippen LogP contribution in [0, 0.1) is 5.82 Å². The first-order chi connectivity index (χ1) is 10.8. The highest BCUT2D eigenvalue weighted by atomic mass is 32.2. The van der Waals surface area contributed by atoms with E-state index in [2.05, 4.69) is 0 Å². The third kappa shape index (κ3) is 4.49. The van der Waals surface area contributed by atoms with E-state index in [4.69, 9.17) is 0 Å². The van der Waals surface area contributed by atoms with Crippen LogP contribution in [0.1, 0.15) is 6.42 Å². The first-order valence-electron chi connectivity index (χ1n) is 7.49. The van der Waals surface area contributed by atoms with E-state index in [9.17, 15) is 17.6 Å². The molecule has 0 saturated carbocycles. The van der Waals surface area contributed by atoms with Crippen molar-refractivity contribution in [1.82, 2.24) is 14.1 Å². The fourth-order valence-corrected chi connectivity index (χ4v) is 3.83. The van der Waals surface area contributed by atoms with Gasteiger partial charge >= 0.3 is 0 Å². The summed E-state index contributed by atoms with van der Waals surface area (Å²) in [7, 11) is 0.173. The Morgan fingerprint density at radius 1 is 1.13 bits per heavy atom. The van der Waals surface area contributed by atoms with Crippen LogP contribution in [-0.4, -0.2) is 75.2 Å². The SMILES string of the molecule is CN(C)CCC(=O)N1CCN(S(=O)(=O)c2ccc(F)cc2)CC1. The lowest BCUT2D eigenvalue weighted by Gasteiger charge is -2.34. The molecule has 0 aromatic heterocycles. The molecule has 0 bridgehead atoms. The zero-order chi connectivity index (χ0) is 17.0. The molecule has 1 heterocycles. The lowest BCUT2D eigenvalue weighted by Crippen LogP contribution is -2.50. The Labute approximate surface area is 136 Å². The average Bonchev–Trinajstić information content (AvgIpc) is 2.53. The monoisotopic (exact) mass is 343 g/mol. The van der Waals surface area contributed by atoms with E-state index in [0.717, 1.165) is 12.1 Å². The lowest BCUT2D eigenvalue weighted by atomic mass is 10.3. The molecule has 0 atom stereocenters. The summed E-state index contributed by atoms with van der Waals surface area (Å²) in [5.74, 6) is -0.433. The van der Waals surface area contributed by atoms with Crippen molar-refractivity contribution < 1.29 is 17.6 Å². The maximum Gasteiger partial charge on any atom is 0.243 e. The molecular formula is C15H22FN3O3S. The van der Waals surface area contributed by atoms with Crippen LogP contribution in [-0.2, 0) is 14.8 Å². The molecule has 1 aliphatic rings. The van der Waals surface area contributed by atoms with Crippen LogP contribution >= 0.6 is 0 Å². The smallest absolute Gasteiger partial charge is 0.243 e. The van der Waals surface area contributed by atoms with Crippen LogP contribution in [0.3, 0.4) is 0 Å². The Morgan fingerprint density at radius 3 is 2.22 bits per heavy atom. The van der Waals surface area contributed by atoms with Crippen LogP contribution in [0.4, 0.5) is 4.39 Å². The quantitative estimate of drug-likeness (QED) is 0.786. The molecule has 1 saturated heterocycles. The summed E-state index contributed by atoms with van der Waals surface area (Å²) in [4.78, 5) is 15.8. The molecule has 0 unspecified atom stereocenters. The minimum Gasteiger partial charge on any atom is -0.340 e. The average molecular weight is 343 g/mol. The molecule has 6 nitrogen and oxygen atoms in total. The molecule has 8 heteroatoms. The van der Waals surface area contributed by atoms with Crippen molar-refractivity contribution in [2.24, 2.45) is 0 Å². The Hall–Kier alpha value is -1.51. The van der Waals surface area contributed by atoms with Gasteiger partial charge in [0.1, 0.15) is 5.82 Å². The van der Waals surface area contributed by atoms with Crippen molar-refractivity contribution >= 4 is 15.9 Å². The summed E-state index contributed by atoms with van der Waals surface area (Å²) in [5, 5.41) is 0. The molecule has 1 fully saturated rings. The van der Waals surface area contributed by atoms with E-state index in [1.165, 1.54) is 16.4 Å². The Kier molecular flexibility index (Phi) is 5.72. The topological polar surface area (TPSA) is 60.9 Å². The summed E-state index contributed by atoms with van der Waals surface area (Å²) in [5.41, 5.74) is 0. The highest BCUT2D eigenvalue weighted by Gasteiger charge is 2.29. The normalized spacial score (nSPS) is 16.8. The number of hydrogen-bond donors (Lipinski definition) is 0. The molecule has 0 radical (unpaired) electrons. The Morgan fingerprint density at radius 2 is 1.70 bits per heavy atom. The highest BCUT2D eigenvalue weighted by Crippen LogP contribution is 2.18. The van der Waals surface area contributed by atoms with E-state index in [1.54, 1.807) is 4.90 Å². The fraction of sp³-hybridized carbons (Fsp3) is 0.533. The van der Waals surface area contributed by atoms with Gasteiger partial charge in [-0.25, -0.2) is 12.8 Å². The van der Waals surface area contributed by atoms with Crippen LogP contribution in [0.15, 0.2) is 29.2 Å². The zero-order valence-electron chi connectivity index (χ0n) is 13.4. The van der Waals surface area contributed by atoms with Crippen molar-refractivity contribution in [2.75, 3.05) is 46.8 Å². The lowest BCUT2D eigenvalue weighted by molar-refractivity contribution is -0.132. The number of benzene rings is 1. The molecule has 1 aromatic carbocycles. The van der Waals surface area contributed by atoms with Crippen molar-refractivity contribution in [3.8, 4) is 0 Å². The Bertz CT molecular complexity index is 638. The van der Waals surface area contributed by atoms with Gasteiger partial charge in [-0.05, 0) is 38.4 Å². The molecule has 23 heavy (non-hydrogen) atoms. The summed E-state index contributed by atoms with van der Waals surface area (Å²) in [6, 6.07) is 4.79. The fourth-order valence-electron chi connectivity index (χ4n) is 2.41. The van der Waals surface area contributed by atoms with E-state index in [-0.39, 0.29) is 23.9 Å². The number of rotatable bonds is 5. The van der Waals surface area contributed by atoms with Gasteiger partial charge in [0.15, 0.2) is 0 Å². The Balaban J connectivity index is 1.95. The number of carbonyl (C=O) groups excluding carboxylic acids is 1. The first kappa shape index (κ1) is 17.8. The largest absolute Gasteiger partial charge is 0.340 e. The molecule has 0 aliphatic carbocycles. The predicted octanol–water partition coefficient (Wildman–Crippen LogP) is 0.610. The van der Waals surface area contributed by atoms with Crippen LogP contribution in [0.5, 0.6) is 0 Å². The van der Waals surface area contributed by atoms with Gasteiger partial charge in [-0.1, -0.05) is 0 Å². The molecule has 128 valence electrons. The maximum atomic E-state index is 12.9. The number of amides is 1. The molecule has 1 aliphatic heterocycles. The number of carbonyl (C=O) groups is 1. The second kappa shape index (κ2) is 7.37. The minimum absolute atomic E-state index is 0.0394. The molecule has 1 amide bonds. The van der Waals surface area contributed by atoms with E-state index in [0.29, 0.717) is 26.1 Å². The van der Waals surface area contributed by atoms with Gasteiger partial charge in [0.05, 0.1) is 4.90 Å². The molecule has 2 rings (SSSR count). The van der Waals surface area contributed by atoms with Crippen LogP contribution < -0.4 is 0 Å². The number of hydrogen-bond acceptors (Lipinski definition) is 4. The third-order valence-electron chi connectivity index (χ3n) is 3.82. The first-order valence-corrected chi connectivity index (χ1v) is 8.93. The highest BCUT2D eigenvalue weighted by molar-refractivity contribution is 7.89. The van der Waals surface area contributed by atoms with Crippen molar-refractivity contribution in [1.29, 1.82) is 0 Å². The van der Waals surface area contributed by atoms with Gasteiger partial charge in [0.2, 0.25) is 15.9 Å². The van der Waals surface area contributed by atoms with Crippen molar-refractivity contribution in [3.63, 3.8) is 0 Å². The van der Waals surface area contributed by atoms with Crippen LogP contribution in [0.25, 0.3) is 0 Å². The van der Waals surface area contributed by atoms with E-state index < -0.39 is 15.8 Å². The van der Waals surface area contributed by atoms with Crippen molar-refractivity contribution in [3.05, 3.63) is 30.1 Å². The van der Waals surface area contributed by atoms with Crippen LogP contribution in [0.2, 0.25) is 0 Å². The van der Waals surface area contributed by atoms with Gasteiger partial charge in [-0.3, -0.25) is 4.79 Å². The zero-order valence-corrected chi connectivity index (χ0v) is 14.2. The summed E-state index contributed by atoms with van der Waals surface area (Å²) in [6.07, 6.45) is 0.428. The van der Waals surface area contributed by atoms with Gasteiger partial charge < -0.3 is 9.80 Å².